The first kappa shape index (κ1) is 21.1. The van der Waals surface area contributed by atoms with E-state index in [1.807, 2.05) is 22.1 Å². The number of aryl methyl sites for hydroxylation is 2. The molecule has 5 aromatic rings. The number of hydrogen-bond acceptors (Lipinski definition) is 5. The first-order chi connectivity index (χ1) is 17.7. The molecular weight excluding hydrogens is 462 g/mol. The fourth-order valence-electron chi connectivity index (χ4n) is 5.37. The van der Waals surface area contributed by atoms with Gasteiger partial charge < -0.3 is 4.90 Å². The summed E-state index contributed by atoms with van der Waals surface area (Å²) in [6, 6.07) is 31.8. The van der Waals surface area contributed by atoms with Crippen LogP contribution in [0.3, 0.4) is 0 Å². The van der Waals surface area contributed by atoms with Gasteiger partial charge in [-0.3, -0.25) is 4.90 Å². The summed E-state index contributed by atoms with van der Waals surface area (Å²) in [7, 11) is 0. The van der Waals surface area contributed by atoms with Crippen molar-refractivity contribution in [2.45, 2.75) is 26.4 Å². The van der Waals surface area contributed by atoms with Crippen molar-refractivity contribution < 1.29 is 0 Å². The summed E-state index contributed by atoms with van der Waals surface area (Å²) in [4.78, 5) is 11.5. The molecule has 0 radical (unpaired) electrons. The summed E-state index contributed by atoms with van der Waals surface area (Å²) in [5.41, 5.74) is 8.11. The molecule has 0 N–H and O–H groups in total. The molecule has 0 fully saturated rings. The third-order valence-electron chi connectivity index (χ3n) is 7.04. The maximum Gasteiger partial charge on any atom is 0.213 e. The molecular formula is C30H25N5S. The third-order valence-corrected chi connectivity index (χ3v) is 8.11. The quantitative estimate of drug-likeness (QED) is 0.270. The zero-order valence-corrected chi connectivity index (χ0v) is 21.0. The Hall–Kier alpha value is -4.16. The molecule has 36 heavy (non-hydrogen) atoms. The number of para-hydroxylation sites is 3. The normalized spacial score (nSPS) is 15.9. The van der Waals surface area contributed by atoms with Crippen molar-refractivity contribution in [3.05, 3.63) is 124 Å². The highest BCUT2D eigenvalue weighted by atomic mass is 32.1. The molecule has 2 aliphatic heterocycles. The number of nitrogens with zero attached hydrogens (tertiary/aromatic N) is 5. The Morgan fingerprint density at radius 1 is 0.806 bits per heavy atom. The van der Waals surface area contributed by atoms with Crippen molar-refractivity contribution in [1.82, 2.24) is 9.78 Å². The van der Waals surface area contributed by atoms with Crippen LogP contribution in [0.25, 0.3) is 5.69 Å². The van der Waals surface area contributed by atoms with Crippen molar-refractivity contribution in [2.75, 3.05) is 9.80 Å². The molecule has 176 valence electrons. The van der Waals surface area contributed by atoms with E-state index in [9.17, 15) is 0 Å². The zero-order chi connectivity index (χ0) is 24.2. The number of thiophene rings is 1. The fraction of sp³-hybridized carbons (Fsp3) is 0.133. The van der Waals surface area contributed by atoms with Crippen molar-refractivity contribution in [3.8, 4) is 5.69 Å². The van der Waals surface area contributed by atoms with E-state index in [4.69, 9.17) is 10.1 Å². The van der Waals surface area contributed by atoms with Gasteiger partial charge in [0.15, 0.2) is 5.82 Å². The molecule has 0 saturated heterocycles. The molecule has 0 unspecified atom stereocenters. The van der Waals surface area contributed by atoms with Gasteiger partial charge in [0, 0.05) is 10.4 Å². The van der Waals surface area contributed by atoms with Gasteiger partial charge in [0.2, 0.25) is 5.96 Å². The zero-order valence-electron chi connectivity index (χ0n) is 20.2. The minimum atomic E-state index is 0.00638. The summed E-state index contributed by atoms with van der Waals surface area (Å²) in [6.45, 7) is 5.06. The van der Waals surface area contributed by atoms with Crippen LogP contribution in [0.4, 0.5) is 17.2 Å². The third kappa shape index (κ3) is 3.14. The number of guanidine groups is 1. The number of anilines is 2. The Labute approximate surface area is 214 Å². The smallest absolute Gasteiger partial charge is 0.213 e. The molecule has 0 spiro atoms. The van der Waals surface area contributed by atoms with Crippen LogP contribution < -0.4 is 9.80 Å². The van der Waals surface area contributed by atoms with Gasteiger partial charge in [-0.1, -0.05) is 60.7 Å². The average Bonchev–Trinajstić information content (AvgIpc) is 3.59. The lowest BCUT2D eigenvalue weighted by Crippen LogP contribution is -2.42. The molecule has 3 aromatic carbocycles. The highest BCUT2D eigenvalue weighted by molar-refractivity contribution is 7.10. The number of aliphatic imine (C=N–C) groups is 1. The molecule has 7 rings (SSSR count). The Balaban J connectivity index is 1.49. The van der Waals surface area contributed by atoms with Gasteiger partial charge in [-0.25, -0.2) is 4.68 Å². The van der Waals surface area contributed by atoms with E-state index >= 15 is 0 Å². The molecule has 0 aliphatic carbocycles. The van der Waals surface area contributed by atoms with Gasteiger partial charge in [-0.05, 0) is 60.7 Å². The van der Waals surface area contributed by atoms with Crippen molar-refractivity contribution in [3.63, 3.8) is 0 Å². The lowest BCUT2D eigenvalue weighted by molar-refractivity contribution is 0.820. The number of hydrogen-bond donors (Lipinski definition) is 0. The number of aromatic nitrogens is 2. The van der Waals surface area contributed by atoms with Crippen LogP contribution in [0.1, 0.15) is 33.3 Å². The highest BCUT2D eigenvalue weighted by Crippen LogP contribution is 2.52. The van der Waals surface area contributed by atoms with Crippen molar-refractivity contribution >= 4 is 34.5 Å². The number of fused-ring (bicyclic) bond motifs is 4. The van der Waals surface area contributed by atoms with Crippen LogP contribution in [0, 0.1) is 13.8 Å². The Morgan fingerprint density at radius 2 is 1.50 bits per heavy atom. The maximum absolute atomic E-state index is 5.36. The van der Waals surface area contributed by atoms with Gasteiger partial charge in [-0.15, -0.1) is 11.3 Å². The largest absolute Gasteiger partial charge is 0.305 e. The predicted octanol–water partition coefficient (Wildman–Crippen LogP) is 7.17. The first-order valence-electron chi connectivity index (χ1n) is 12.2. The van der Waals surface area contributed by atoms with Crippen LogP contribution in [0.2, 0.25) is 0 Å². The monoisotopic (exact) mass is 487 g/mol. The van der Waals surface area contributed by atoms with Crippen LogP contribution in [-0.4, -0.2) is 15.7 Å². The molecule has 1 atom stereocenters. The van der Waals surface area contributed by atoms with Gasteiger partial charge in [0.25, 0.3) is 0 Å². The topological polar surface area (TPSA) is 36.7 Å². The van der Waals surface area contributed by atoms with Crippen LogP contribution in [0.15, 0.2) is 101 Å². The second-order valence-corrected chi connectivity index (χ2v) is 10.2. The average molecular weight is 488 g/mol. The summed E-state index contributed by atoms with van der Waals surface area (Å²) in [5, 5.41) is 7.20. The summed E-state index contributed by atoms with van der Waals surface area (Å²) in [5.74, 6) is 1.86. The highest BCUT2D eigenvalue weighted by Gasteiger charge is 2.45. The Bertz CT molecular complexity index is 1600. The van der Waals surface area contributed by atoms with E-state index in [1.54, 1.807) is 0 Å². The standard InChI is InChI=1S/C30H25N5S/c1-20-17-18-36-28(20)27-26-21(2)32-35(23-13-7-4-8-14-23)29(26)31-30-33(19-22-11-5-3-6-12-22)24-15-9-10-16-25(24)34(27)30/h3-18,27H,19H2,1-2H3/t27-/m0/s1. The lowest BCUT2D eigenvalue weighted by Gasteiger charge is -2.34. The van der Waals surface area contributed by atoms with E-state index < -0.39 is 0 Å². The summed E-state index contributed by atoms with van der Waals surface area (Å²) in [6.07, 6.45) is 0. The number of benzene rings is 3. The second kappa shape index (κ2) is 8.21. The van der Waals surface area contributed by atoms with E-state index in [0.29, 0.717) is 0 Å². The molecule has 0 bridgehead atoms. The molecule has 2 aliphatic rings. The van der Waals surface area contributed by atoms with E-state index in [0.717, 1.165) is 29.7 Å². The Kier molecular flexibility index (Phi) is 4.82. The van der Waals surface area contributed by atoms with E-state index in [-0.39, 0.29) is 6.04 Å². The summed E-state index contributed by atoms with van der Waals surface area (Å²) < 4.78 is 2.01. The molecule has 0 saturated carbocycles. The van der Waals surface area contributed by atoms with Gasteiger partial charge in [0.05, 0.1) is 29.3 Å². The molecule has 4 heterocycles. The lowest BCUT2D eigenvalue weighted by atomic mass is 9.99. The summed E-state index contributed by atoms with van der Waals surface area (Å²) >= 11 is 1.81. The Morgan fingerprint density at radius 3 is 2.22 bits per heavy atom. The molecule has 2 aromatic heterocycles. The SMILES string of the molecule is Cc1ccsc1[C@@H]1c2c(C)nn(-c3ccccc3)c2N=C2N(Cc3ccccc3)c3ccccc3N21. The molecule has 6 heteroatoms. The van der Waals surface area contributed by atoms with Gasteiger partial charge >= 0.3 is 0 Å². The van der Waals surface area contributed by atoms with Gasteiger partial charge in [-0.2, -0.15) is 10.1 Å². The van der Waals surface area contributed by atoms with E-state index in [2.05, 4.69) is 114 Å². The predicted molar refractivity (Wildman–Crippen MR) is 148 cm³/mol. The fourth-order valence-corrected chi connectivity index (χ4v) is 6.40. The van der Waals surface area contributed by atoms with Crippen LogP contribution >= 0.6 is 11.3 Å². The van der Waals surface area contributed by atoms with Crippen LogP contribution in [0.5, 0.6) is 0 Å². The van der Waals surface area contributed by atoms with Crippen molar-refractivity contribution in [2.24, 2.45) is 4.99 Å². The molecule has 0 amide bonds. The van der Waals surface area contributed by atoms with Crippen LogP contribution in [-0.2, 0) is 6.54 Å². The molecule has 5 nitrogen and oxygen atoms in total. The van der Waals surface area contributed by atoms with E-state index in [1.165, 1.54) is 32.9 Å². The van der Waals surface area contributed by atoms with Crippen molar-refractivity contribution in [1.29, 1.82) is 0 Å². The second-order valence-electron chi connectivity index (χ2n) is 9.28. The number of rotatable bonds is 4. The minimum absolute atomic E-state index is 0.00638. The first-order valence-corrected chi connectivity index (χ1v) is 13.1. The maximum atomic E-state index is 5.36. The minimum Gasteiger partial charge on any atom is -0.305 e. The van der Waals surface area contributed by atoms with Gasteiger partial charge in [0.1, 0.15) is 6.04 Å².